The number of aliphatic hydroxyl groups is 1. The average Bonchev–Trinajstić information content (AvgIpc) is 2.33. The highest BCUT2D eigenvalue weighted by molar-refractivity contribution is 7.84. The van der Waals surface area contributed by atoms with Crippen molar-refractivity contribution in [1.82, 2.24) is 0 Å². The Labute approximate surface area is 124 Å². The standard InChI is InChI=1S/C11H10ClF4NO3S/c1-10(19,11(14,15)16)9(18)17-5-3-4-6(21(2)20)8(13)7(5)12/h3-4,19H,1-2H3,(H,17,18). The number of carbonyl (C=O) groups is 1. The molecular formula is C11H10ClF4NO3S. The van der Waals surface area contributed by atoms with E-state index in [9.17, 15) is 26.6 Å². The fourth-order valence-electron chi connectivity index (χ4n) is 1.22. The topological polar surface area (TPSA) is 66.4 Å². The first kappa shape index (κ1) is 17.9. The lowest BCUT2D eigenvalue weighted by Crippen LogP contribution is -2.52. The van der Waals surface area contributed by atoms with E-state index >= 15 is 0 Å². The molecule has 1 aromatic carbocycles. The fourth-order valence-corrected chi connectivity index (χ4v) is 2.11. The van der Waals surface area contributed by atoms with Crippen LogP contribution in [0.5, 0.6) is 0 Å². The molecule has 2 atom stereocenters. The summed E-state index contributed by atoms with van der Waals surface area (Å²) in [6.45, 7) is 0.252. The first-order chi connectivity index (χ1) is 9.39. The predicted octanol–water partition coefficient (Wildman–Crippen LogP) is 2.47. The summed E-state index contributed by atoms with van der Waals surface area (Å²) in [5.74, 6) is -2.94. The molecule has 0 spiro atoms. The molecule has 0 aliphatic heterocycles. The van der Waals surface area contributed by atoms with Gasteiger partial charge in [0.2, 0.25) is 5.60 Å². The monoisotopic (exact) mass is 347 g/mol. The smallest absolute Gasteiger partial charge is 0.373 e. The van der Waals surface area contributed by atoms with Gasteiger partial charge in [-0.3, -0.25) is 9.00 Å². The fraction of sp³-hybridized carbons (Fsp3) is 0.364. The summed E-state index contributed by atoms with van der Waals surface area (Å²) in [5.41, 5.74) is -4.14. The Hall–Kier alpha value is -1.19. The molecule has 4 nitrogen and oxygen atoms in total. The number of hydrogen-bond acceptors (Lipinski definition) is 3. The molecule has 0 saturated carbocycles. The number of nitrogens with one attached hydrogen (secondary N) is 1. The largest absolute Gasteiger partial charge is 0.426 e. The minimum atomic E-state index is -5.22. The van der Waals surface area contributed by atoms with E-state index in [4.69, 9.17) is 16.7 Å². The highest BCUT2D eigenvalue weighted by atomic mass is 35.5. The Kier molecular flexibility index (Phi) is 5.01. The number of rotatable bonds is 3. The van der Waals surface area contributed by atoms with E-state index in [0.717, 1.165) is 12.1 Å². The molecule has 2 unspecified atom stereocenters. The second-order valence-corrected chi connectivity index (χ2v) is 5.94. The summed E-state index contributed by atoms with van der Waals surface area (Å²) in [6, 6.07) is 2.00. The van der Waals surface area contributed by atoms with Crippen molar-refractivity contribution in [2.75, 3.05) is 11.6 Å². The second kappa shape index (κ2) is 5.90. The van der Waals surface area contributed by atoms with Crippen molar-refractivity contribution in [3.8, 4) is 0 Å². The van der Waals surface area contributed by atoms with E-state index in [1.165, 1.54) is 6.26 Å². The van der Waals surface area contributed by atoms with Crippen LogP contribution in [0.2, 0.25) is 5.02 Å². The molecule has 10 heteroatoms. The zero-order valence-corrected chi connectivity index (χ0v) is 12.3. The van der Waals surface area contributed by atoms with Crippen LogP contribution in [0.3, 0.4) is 0 Å². The van der Waals surface area contributed by atoms with E-state index in [2.05, 4.69) is 0 Å². The van der Waals surface area contributed by atoms with Gasteiger partial charge in [0.15, 0.2) is 5.82 Å². The van der Waals surface area contributed by atoms with Crippen LogP contribution in [0.1, 0.15) is 6.92 Å². The van der Waals surface area contributed by atoms with Crippen LogP contribution in [0.15, 0.2) is 17.0 Å². The zero-order chi connectivity index (χ0) is 16.6. The maximum absolute atomic E-state index is 13.7. The summed E-state index contributed by atoms with van der Waals surface area (Å²) in [7, 11) is -1.70. The van der Waals surface area contributed by atoms with E-state index in [1.54, 1.807) is 5.32 Å². The highest BCUT2D eigenvalue weighted by Crippen LogP contribution is 2.33. The second-order valence-electron chi connectivity index (χ2n) is 4.22. The van der Waals surface area contributed by atoms with E-state index in [0.29, 0.717) is 0 Å². The van der Waals surface area contributed by atoms with Crippen molar-refractivity contribution >= 4 is 34.0 Å². The molecule has 0 saturated heterocycles. The molecule has 118 valence electrons. The first-order valence-corrected chi connectivity index (χ1v) is 7.25. The zero-order valence-electron chi connectivity index (χ0n) is 10.7. The number of hydrogen-bond donors (Lipinski definition) is 2. The number of amides is 1. The summed E-state index contributed by atoms with van der Waals surface area (Å²) in [5, 5.41) is 10.1. The molecule has 0 fully saturated rings. The SMILES string of the molecule is CS(=O)c1ccc(NC(=O)C(C)(O)C(F)(F)F)c(Cl)c1F. The molecule has 0 radical (unpaired) electrons. The van der Waals surface area contributed by atoms with Gasteiger partial charge in [-0.05, 0) is 19.1 Å². The van der Waals surface area contributed by atoms with Gasteiger partial charge >= 0.3 is 6.18 Å². The minimum Gasteiger partial charge on any atom is -0.373 e. The Morgan fingerprint density at radius 2 is 1.90 bits per heavy atom. The van der Waals surface area contributed by atoms with Crippen molar-refractivity contribution in [2.45, 2.75) is 23.6 Å². The lowest BCUT2D eigenvalue weighted by Gasteiger charge is -2.25. The molecule has 0 aliphatic carbocycles. The molecule has 1 amide bonds. The molecule has 0 bridgehead atoms. The van der Waals surface area contributed by atoms with Crippen LogP contribution in [-0.4, -0.2) is 33.3 Å². The molecule has 0 heterocycles. The average molecular weight is 348 g/mol. The van der Waals surface area contributed by atoms with Gasteiger partial charge in [0, 0.05) is 6.26 Å². The summed E-state index contributed by atoms with van der Waals surface area (Å²) < 4.78 is 62.3. The van der Waals surface area contributed by atoms with Gasteiger partial charge in [0.05, 0.1) is 21.4 Å². The molecule has 1 rings (SSSR count). The third-order valence-corrected chi connectivity index (χ3v) is 3.90. The van der Waals surface area contributed by atoms with Crippen molar-refractivity contribution in [3.63, 3.8) is 0 Å². The minimum absolute atomic E-state index is 0.252. The third kappa shape index (κ3) is 3.53. The van der Waals surface area contributed by atoms with Gasteiger partial charge in [-0.1, -0.05) is 11.6 Å². The molecule has 0 aliphatic rings. The first-order valence-electron chi connectivity index (χ1n) is 5.31. The van der Waals surface area contributed by atoms with Gasteiger partial charge in [-0.25, -0.2) is 4.39 Å². The predicted molar refractivity (Wildman–Crippen MR) is 69.1 cm³/mol. The number of benzene rings is 1. The number of alkyl halides is 3. The lowest BCUT2D eigenvalue weighted by atomic mass is 10.1. The highest BCUT2D eigenvalue weighted by Gasteiger charge is 2.55. The Balaban J connectivity index is 3.14. The van der Waals surface area contributed by atoms with Crippen LogP contribution in [0, 0.1) is 5.82 Å². The van der Waals surface area contributed by atoms with Gasteiger partial charge in [-0.2, -0.15) is 13.2 Å². The van der Waals surface area contributed by atoms with E-state index < -0.39 is 45.0 Å². The molecule has 21 heavy (non-hydrogen) atoms. The molecule has 1 aromatic rings. The van der Waals surface area contributed by atoms with Gasteiger partial charge in [0.1, 0.15) is 5.02 Å². The summed E-state index contributed by atoms with van der Waals surface area (Å²) >= 11 is 5.56. The normalized spacial score (nSPS) is 16.2. The van der Waals surface area contributed by atoms with E-state index in [-0.39, 0.29) is 11.8 Å². The Morgan fingerprint density at radius 1 is 1.38 bits per heavy atom. The number of carbonyl (C=O) groups excluding carboxylic acids is 1. The lowest BCUT2D eigenvalue weighted by molar-refractivity contribution is -0.242. The Bertz CT molecular complexity index is 604. The Morgan fingerprint density at radius 3 is 2.33 bits per heavy atom. The van der Waals surface area contributed by atoms with Gasteiger partial charge < -0.3 is 10.4 Å². The van der Waals surface area contributed by atoms with E-state index in [1.807, 2.05) is 0 Å². The quantitative estimate of drug-likeness (QED) is 0.825. The van der Waals surface area contributed by atoms with Crippen molar-refractivity contribution in [1.29, 1.82) is 0 Å². The number of halogens is 5. The van der Waals surface area contributed by atoms with Gasteiger partial charge in [-0.15, -0.1) is 0 Å². The van der Waals surface area contributed by atoms with Gasteiger partial charge in [0.25, 0.3) is 5.91 Å². The molecule has 0 aromatic heterocycles. The molecular weight excluding hydrogens is 338 g/mol. The van der Waals surface area contributed by atoms with Crippen LogP contribution < -0.4 is 5.32 Å². The summed E-state index contributed by atoms with van der Waals surface area (Å²) in [6.07, 6.45) is -4.03. The maximum atomic E-state index is 13.7. The van der Waals surface area contributed by atoms with Crippen LogP contribution >= 0.6 is 11.6 Å². The summed E-state index contributed by atoms with van der Waals surface area (Å²) in [4.78, 5) is 11.2. The van der Waals surface area contributed by atoms with Crippen molar-refractivity contribution < 1.29 is 31.7 Å². The van der Waals surface area contributed by atoms with Crippen LogP contribution in [-0.2, 0) is 15.6 Å². The van der Waals surface area contributed by atoms with Crippen LogP contribution in [0.25, 0.3) is 0 Å². The third-order valence-electron chi connectivity index (χ3n) is 2.60. The maximum Gasteiger partial charge on any atom is 0.426 e. The van der Waals surface area contributed by atoms with Crippen molar-refractivity contribution in [2.24, 2.45) is 0 Å². The molecule has 2 N–H and O–H groups in total. The number of anilines is 1. The van der Waals surface area contributed by atoms with Crippen molar-refractivity contribution in [3.05, 3.63) is 23.0 Å². The van der Waals surface area contributed by atoms with Crippen LogP contribution in [0.4, 0.5) is 23.2 Å².